The summed E-state index contributed by atoms with van der Waals surface area (Å²) in [6.07, 6.45) is 1.89. The van der Waals surface area contributed by atoms with Gasteiger partial charge in [-0.25, -0.2) is 0 Å². The van der Waals surface area contributed by atoms with Crippen molar-refractivity contribution in [2.45, 2.75) is 13.8 Å². The Morgan fingerprint density at radius 1 is 1.31 bits per heavy atom. The highest BCUT2D eigenvalue weighted by Crippen LogP contribution is 2.28. The lowest BCUT2D eigenvalue weighted by molar-refractivity contribution is 0.133. The number of nitrogens with two attached hydrogens (primary N) is 1. The summed E-state index contributed by atoms with van der Waals surface area (Å²) in [5, 5.41) is 4.40. The molecule has 3 N–H and O–H groups in total. The fourth-order valence-corrected chi connectivity index (χ4v) is 1.85. The lowest BCUT2D eigenvalue weighted by Crippen LogP contribution is -2.10. The molecular weight excluding hydrogens is 202 g/mol. The van der Waals surface area contributed by atoms with Gasteiger partial charge in [0.1, 0.15) is 12.1 Å². The van der Waals surface area contributed by atoms with Gasteiger partial charge in [0.05, 0.1) is 5.69 Å². The Balaban J connectivity index is 2.58. The van der Waals surface area contributed by atoms with Crippen LogP contribution in [0.1, 0.15) is 13.8 Å². The molecule has 1 aromatic carbocycles. The van der Waals surface area contributed by atoms with Crippen molar-refractivity contribution < 1.29 is 4.84 Å². The third-order valence-corrected chi connectivity index (χ3v) is 2.48. The summed E-state index contributed by atoms with van der Waals surface area (Å²) in [5.41, 5.74) is 8.72. The van der Waals surface area contributed by atoms with Crippen molar-refractivity contribution in [3.05, 3.63) is 24.4 Å². The van der Waals surface area contributed by atoms with Crippen molar-refractivity contribution in [1.29, 1.82) is 0 Å². The van der Waals surface area contributed by atoms with Gasteiger partial charge >= 0.3 is 0 Å². The van der Waals surface area contributed by atoms with Crippen molar-refractivity contribution in [1.82, 2.24) is 4.73 Å². The van der Waals surface area contributed by atoms with Crippen molar-refractivity contribution in [2.75, 3.05) is 24.2 Å². The van der Waals surface area contributed by atoms with E-state index in [1.807, 2.05) is 31.3 Å². The van der Waals surface area contributed by atoms with Gasteiger partial charge in [0.15, 0.2) is 0 Å². The third kappa shape index (κ3) is 1.66. The van der Waals surface area contributed by atoms with Crippen LogP contribution in [-0.2, 0) is 0 Å². The molecule has 0 saturated heterocycles. The highest BCUT2D eigenvalue weighted by atomic mass is 16.7. The van der Waals surface area contributed by atoms with Crippen LogP contribution in [0.15, 0.2) is 24.4 Å². The lowest BCUT2D eigenvalue weighted by atomic mass is 10.2. The topological polar surface area (TPSA) is 52.2 Å². The van der Waals surface area contributed by atoms with E-state index in [1.165, 1.54) is 0 Å². The summed E-state index contributed by atoms with van der Waals surface area (Å²) in [4.78, 5) is 5.48. The third-order valence-electron chi connectivity index (χ3n) is 2.48. The maximum absolute atomic E-state index is 5.97. The standard InChI is InChI=1S/C12H17N3O/c1-3-14-11-6-5-10(13)12-9(11)7-8-15(12)16-4-2/h5-8,14H,3-4,13H2,1-2H3. The minimum atomic E-state index is 0.620. The smallest absolute Gasteiger partial charge is 0.112 e. The number of hydrogen-bond donors (Lipinski definition) is 2. The second-order valence-corrected chi connectivity index (χ2v) is 3.55. The molecule has 0 atom stereocenters. The van der Waals surface area contributed by atoms with Crippen LogP contribution >= 0.6 is 0 Å². The molecule has 2 aromatic rings. The summed E-state index contributed by atoms with van der Waals surface area (Å²) in [5.74, 6) is 0. The number of rotatable bonds is 4. The first-order chi connectivity index (χ1) is 7.77. The number of hydrogen-bond acceptors (Lipinski definition) is 3. The molecule has 4 nitrogen and oxygen atoms in total. The Morgan fingerprint density at radius 2 is 2.12 bits per heavy atom. The molecule has 0 aliphatic rings. The van der Waals surface area contributed by atoms with Crippen LogP contribution in [0.5, 0.6) is 0 Å². The quantitative estimate of drug-likeness (QED) is 0.774. The van der Waals surface area contributed by atoms with Crippen molar-refractivity contribution in [3.8, 4) is 0 Å². The first kappa shape index (κ1) is 10.7. The minimum Gasteiger partial charge on any atom is -0.414 e. The Morgan fingerprint density at radius 3 is 2.81 bits per heavy atom. The van der Waals surface area contributed by atoms with Gasteiger partial charge in [-0.2, -0.15) is 4.73 Å². The monoisotopic (exact) mass is 219 g/mol. The zero-order chi connectivity index (χ0) is 11.5. The Labute approximate surface area is 94.9 Å². The van der Waals surface area contributed by atoms with E-state index >= 15 is 0 Å². The molecule has 0 bridgehead atoms. The second-order valence-electron chi connectivity index (χ2n) is 3.55. The molecule has 0 radical (unpaired) electrons. The first-order valence-corrected chi connectivity index (χ1v) is 5.54. The van der Waals surface area contributed by atoms with Crippen LogP contribution < -0.4 is 15.9 Å². The van der Waals surface area contributed by atoms with Crippen LogP contribution in [0.3, 0.4) is 0 Å². The Kier molecular flexibility index (Phi) is 2.90. The van der Waals surface area contributed by atoms with Crippen LogP contribution in [0.4, 0.5) is 11.4 Å². The summed E-state index contributed by atoms with van der Waals surface area (Å²) < 4.78 is 1.73. The average Bonchev–Trinajstić information content (AvgIpc) is 2.68. The van der Waals surface area contributed by atoms with Gasteiger partial charge in [0.25, 0.3) is 0 Å². The number of nitrogen functional groups attached to an aromatic ring is 1. The molecule has 4 heteroatoms. The lowest BCUT2D eigenvalue weighted by Gasteiger charge is -2.10. The molecule has 0 amide bonds. The van der Waals surface area contributed by atoms with E-state index in [0.717, 1.165) is 28.8 Å². The predicted octanol–water partition coefficient (Wildman–Crippen LogP) is 2.10. The molecule has 0 spiro atoms. The van der Waals surface area contributed by atoms with Crippen LogP contribution in [-0.4, -0.2) is 17.9 Å². The number of nitrogens with one attached hydrogen (secondary N) is 1. The fourth-order valence-electron chi connectivity index (χ4n) is 1.85. The van der Waals surface area contributed by atoms with Crippen molar-refractivity contribution in [3.63, 3.8) is 0 Å². The van der Waals surface area contributed by atoms with Gasteiger partial charge in [-0.15, -0.1) is 0 Å². The van der Waals surface area contributed by atoms with E-state index in [2.05, 4.69) is 12.2 Å². The summed E-state index contributed by atoms with van der Waals surface area (Å²) >= 11 is 0. The largest absolute Gasteiger partial charge is 0.414 e. The van der Waals surface area contributed by atoms with Gasteiger partial charge in [-0.1, -0.05) is 0 Å². The predicted molar refractivity (Wildman–Crippen MR) is 67.6 cm³/mol. The molecule has 0 fully saturated rings. The van der Waals surface area contributed by atoms with Gasteiger partial charge in [-0.3, -0.25) is 0 Å². The number of anilines is 2. The summed E-state index contributed by atoms with van der Waals surface area (Å²) in [6, 6.07) is 5.91. The number of benzene rings is 1. The normalized spacial score (nSPS) is 10.6. The van der Waals surface area contributed by atoms with Crippen molar-refractivity contribution >= 4 is 22.3 Å². The van der Waals surface area contributed by atoms with Gasteiger partial charge in [0.2, 0.25) is 0 Å². The van der Waals surface area contributed by atoms with Crippen LogP contribution in [0, 0.1) is 0 Å². The minimum absolute atomic E-state index is 0.620. The highest BCUT2D eigenvalue weighted by molar-refractivity contribution is 5.99. The molecule has 2 rings (SSSR count). The zero-order valence-electron chi connectivity index (χ0n) is 9.66. The molecular formula is C12H17N3O. The fraction of sp³-hybridized carbons (Fsp3) is 0.333. The molecule has 86 valence electrons. The SMILES string of the molecule is CCNc1ccc(N)c2c1ccn2OCC. The van der Waals surface area contributed by atoms with Gasteiger partial charge in [-0.05, 0) is 32.0 Å². The van der Waals surface area contributed by atoms with Crippen LogP contribution in [0.2, 0.25) is 0 Å². The van der Waals surface area contributed by atoms with E-state index in [-0.39, 0.29) is 0 Å². The summed E-state index contributed by atoms with van der Waals surface area (Å²) in [6.45, 7) is 5.53. The maximum atomic E-state index is 5.97. The molecule has 16 heavy (non-hydrogen) atoms. The summed E-state index contributed by atoms with van der Waals surface area (Å²) in [7, 11) is 0. The number of nitrogens with zero attached hydrogens (tertiary/aromatic N) is 1. The molecule has 0 aliphatic heterocycles. The number of fused-ring (bicyclic) bond motifs is 1. The Hall–Kier alpha value is -1.84. The molecule has 1 heterocycles. The van der Waals surface area contributed by atoms with E-state index in [0.29, 0.717) is 6.61 Å². The van der Waals surface area contributed by atoms with E-state index in [9.17, 15) is 0 Å². The van der Waals surface area contributed by atoms with Gasteiger partial charge < -0.3 is 15.9 Å². The first-order valence-electron chi connectivity index (χ1n) is 5.54. The van der Waals surface area contributed by atoms with Gasteiger partial charge in [0, 0.05) is 23.8 Å². The highest BCUT2D eigenvalue weighted by Gasteiger charge is 2.08. The van der Waals surface area contributed by atoms with E-state index in [4.69, 9.17) is 10.6 Å². The number of aromatic nitrogens is 1. The van der Waals surface area contributed by atoms with E-state index < -0.39 is 0 Å². The molecule has 0 saturated carbocycles. The Bertz CT molecular complexity index is 490. The maximum Gasteiger partial charge on any atom is 0.112 e. The average molecular weight is 219 g/mol. The zero-order valence-corrected chi connectivity index (χ0v) is 9.66. The molecule has 1 aromatic heterocycles. The molecule has 0 unspecified atom stereocenters. The molecule has 0 aliphatic carbocycles. The van der Waals surface area contributed by atoms with Crippen LogP contribution in [0.25, 0.3) is 10.9 Å². The van der Waals surface area contributed by atoms with Crippen molar-refractivity contribution in [2.24, 2.45) is 0 Å². The van der Waals surface area contributed by atoms with E-state index in [1.54, 1.807) is 4.73 Å². The second kappa shape index (κ2) is 4.35.